The van der Waals surface area contributed by atoms with Crippen LogP contribution in [0, 0.1) is 0 Å². The molecule has 0 spiro atoms. The van der Waals surface area contributed by atoms with Crippen LogP contribution in [0.3, 0.4) is 0 Å². The number of carboxylic acid groups (broad SMARTS) is 1. The zero-order valence-electron chi connectivity index (χ0n) is 12.9. The fourth-order valence-corrected chi connectivity index (χ4v) is 2.91. The van der Waals surface area contributed by atoms with Crippen molar-refractivity contribution in [1.29, 1.82) is 0 Å². The molecule has 24 heavy (non-hydrogen) atoms. The molecule has 2 atom stereocenters. The highest BCUT2D eigenvalue weighted by atomic mass is 16.5. The molecule has 126 valence electrons. The van der Waals surface area contributed by atoms with Crippen LogP contribution in [0.15, 0.2) is 18.2 Å². The Labute approximate surface area is 137 Å². The number of fused-ring (bicyclic) bond motifs is 1. The van der Waals surface area contributed by atoms with E-state index < -0.39 is 24.0 Å². The van der Waals surface area contributed by atoms with E-state index in [4.69, 9.17) is 9.84 Å². The summed E-state index contributed by atoms with van der Waals surface area (Å²) in [5.41, 5.74) is 0.940. The number of hydrogen-bond acceptors (Lipinski definition) is 5. The summed E-state index contributed by atoms with van der Waals surface area (Å²) < 4.78 is 5.41. The Hall–Kier alpha value is -2.90. The third-order valence-electron chi connectivity index (χ3n) is 4.19. The number of benzene rings is 1. The number of nitrogens with one attached hydrogen (secondary N) is 1. The van der Waals surface area contributed by atoms with Crippen LogP contribution >= 0.6 is 0 Å². The zero-order chi connectivity index (χ0) is 17.4. The largest absolute Gasteiger partial charge is 0.479 e. The predicted molar refractivity (Wildman–Crippen MR) is 80.2 cm³/mol. The van der Waals surface area contributed by atoms with Crippen molar-refractivity contribution in [1.82, 2.24) is 10.2 Å². The molecule has 2 N–H and O–H groups in total. The number of carbonyl (C=O) groups excluding carboxylic acids is 3. The Morgan fingerprint density at radius 2 is 2.12 bits per heavy atom. The van der Waals surface area contributed by atoms with Crippen LogP contribution < -0.4 is 10.1 Å². The highest BCUT2D eigenvalue weighted by Crippen LogP contribution is 2.33. The average Bonchev–Trinajstić information content (AvgIpc) is 2.85. The number of rotatable bonds is 4. The molecule has 0 saturated carbocycles. The summed E-state index contributed by atoms with van der Waals surface area (Å²) in [6.45, 7) is 1.54. The van der Waals surface area contributed by atoms with Crippen LogP contribution in [-0.4, -0.2) is 45.8 Å². The lowest BCUT2D eigenvalue weighted by atomic mass is 10.0. The Balaban J connectivity index is 1.86. The average molecular weight is 332 g/mol. The molecule has 1 saturated heterocycles. The quantitative estimate of drug-likeness (QED) is 0.767. The molecule has 1 fully saturated rings. The van der Waals surface area contributed by atoms with Gasteiger partial charge >= 0.3 is 5.97 Å². The van der Waals surface area contributed by atoms with Gasteiger partial charge in [-0.3, -0.25) is 19.7 Å². The number of hydrogen-bond donors (Lipinski definition) is 2. The standard InChI is InChI=1S/C16H16N2O6/c1-8(16(22)23)24-12-4-2-3-9-10(12)7-18(15(9)21)11-5-6-13(19)17-14(11)20/h2-4,8,11H,5-7H2,1H3,(H,22,23)(H,17,19,20)/t8?,11-/m0/s1. The summed E-state index contributed by atoms with van der Waals surface area (Å²) in [5, 5.41) is 11.2. The maximum atomic E-state index is 12.6. The van der Waals surface area contributed by atoms with Crippen LogP contribution in [0.5, 0.6) is 5.75 Å². The lowest BCUT2D eigenvalue weighted by Gasteiger charge is -2.29. The van der Waals surface area contributed by atoms with Crippen molar-refractivity contribution in [2.45, 2.75) is 38.5 Å². The molecule has 0 radical (unpaired) electrons. The van der Waals surface area contributed by atoms with Gasteiger partial charge in [-0.05, 0) is 25.5 Å². The highest BCUT2D eigenvalue weighted by molar-refractivity contribution is 6.05. The second kappa shape index (κ2) is 5.95. The molecular formula is C16H16N2O6. The smallest absolute Gasteiger partial charge is 0.344 e. The molecule has 0 aliphatic carbocycles. The summed E-state index contributed by atoms with van der Waals surface area (Å²) in [7, 11) is 0. The molecule has 1 aromatic rings. The van der Waals surface area contributed by atoms with Crippen molar-refractivity contribution in [2.75, 3.05) is 0 Å². The van der Waals surface area contributed by atoms with Gasteiger partial charge in [0.1, 0.15) is 11.8 Å². The van der Waals surface area contributed by atoms with Crippen LogP contribution in [0.1, 0.15) is 35.7 Å². The summed E-state index contributed by atoms with van der Waals surface area (Å²) in [6, 6.07) is 4.10. The van der Waals surface area contributed by atoms with Gasteiger partial charge in [0.25, 0.3) is 5.91 Å². The Morgan fingerprint density at radius 3 is 2.79 bits per heavy atom. The number of piperidine rings is 1. The molecule has 8 heteroatoms. The monoisotopic (exact) mass is 332 g/mol. The maximum absolute atomic E-state index is 12.6. The van der Waals surface area contributed by atoms with Crippen LogP contribution in [0.2, 0.25) is 0 Å². The van der Waals surface area contributed by atoms with Crippen molar-refractivity contribution < 1.29 is 29.0 Å². The first-order chi connectivity index (χ1) is 11.4. The second-order valence-electron chi connectivity index (χ2n) is 5.78. The third-order valence-corrected chi connectivity index (χ3v) is 4.19. The number of amides is 3. The molecule has 3 amide bonds. The van der Waals surface area contributed by atoms with E-state index in [-0.39, 0.29) is 31.2 Å². The van der Waals surface area contributed by atoms with Gasteiger partial charge in [0, 0.05) is 17.5 Å². The third kappa shape index (κ3) is 2.70. The van der Waals surface area contributed by atoms with Gasteiger partial charge < -0.3 is 14.7 Å². The summed E-state index contributed by atoms with van der Waals surface area (Å²) in [4.78, 5) is 48.2. The van der Waals surface area contributed by atoms with Crippen LogP contribution in [0.4, 0.5) is 0 Å². The first-order valence-corrected chi connectivity index (χ1v) is 7.54. The predicted octanol–water partition coefficient (Wildman–Crippen LogP) is 0.299. The number of ether oxygens (including phenoxy) is 1. The van der Waals surface area contributed by atoms with Crippen LogP contribution in [0.25, 0.3) is 0 Å². The van der Waals surface area contributed by atoms with E-state index in [1.807, 2.05) is 0 Å². The Bertz CT molecular complexity index is 744. The molecule has 8 nitrogen and oxygen atoms in total. The number of aliphatic carboxylic acids is 1. The van der Waals surface area contributed by atoms with E-state index in [1.54, 1.807) is 18.2 Å². The molecule has 0 bridgehead atoms. The summed E-state index contributed by atoms with van der Waals surface area (Å²) in [5.74, 6) is -1.97. The maximum Gasteiger partial charge on any atom is 0.344 e. The normalized spacial score (nSPS) is 21.3. The molecule has 2 aliphatic heterocycles. The molecule has 2 heterocycles. The topological polar surface area (TPSA) is 113 Å². The van der Waals surface area contributed by atoms with Crippen molar-refractivity contribution >= 4 is 23.7 Å². The molecule has 2 aliphatic rings. The van der Waals surface area contributed by atoms with Crippen molar-refractivity contribution in [3.63, 3.8) is 0 Å². The van der Waals surface area contributed by atoms with Gasteiger partial charge in [-0.15, -0.1) is 0 Å². The fraction of sp³-hybridized carbons (Fsp3) is 0.375. The Morgan fingerprint density at radius 1 is 1.38 bits per heavy atom. The molecular weight excluding hydrogens is 316 g/mol. The lowest BCUT2D eigenvalue weighted by Crippen LogP contribution is -2.52. The molecule has 3 rings (SSSR count). The molecule has 1 aromatic carbocycles. The number of carboxylic acids is 1. The molecule has 1 unspecified atom stereocenters. The minimum atomic E-state index is -1.11. The van der Waals surface area contributed by atoms with Crippen molar-refractivity contribution in [3.05, 3.63) is 29.3 Å². The van der Waals surface area contributed by atoms with Crippen LogP contribution in [-0.2, 0) is 20.9 Å². The van der Waals surface area contributed by atoms with E-state index in [2.05, 4.69) is 5.32 Å². The van der Waals surface area contributed by atoms with Crippen molar-refractivity contribution in [2.24, 2.45) is 0 Å². The van der Waals surface area contributed by atoms with Gasteiger partial charge in [-0.2, -0.15) is 0 Å². The first-order valence-electron chi connectivity index (χ1n) is 7.54. The SMILES string of the molecule is CC(Oc1cccc2c1CN([C@H]1CCC(=O)NC1=O)C2=O)C(=O)O. The molecule has 0 aromatic heterocycles. The van der Waals surface area contributed by atoms with E-state index in [0.717, 1.165) is 0 Å². The fourth-order valence-electron chi connectivity index (χ4n) is 2.91. The number of nitrogens with zero attached hydrogens (tertiary/aromatic N) is 1. The lowest BCUT2D eigenvalue weighted by molar-refractivity contribution is -0.144. The zero-order valence-corrected chi connectivity index (χ0v) is 12.9. The minimum absolute atomic E-state index is 0.142. The Kier molecular flexibility index (Phi) is 3.96. The van der Waals surface area contributed by atoms with Gasteiger partial charge in [-0.1, -0.05) is 6.07 Å². The van der Waals surface area contributed by atoms with Gasteiger partial charge in [0.15, 0.2) is 6.10 Å². The highest BCUT2D eigenvalue weighted by Gasteiger charge is 2.40. The minimum Gasteiger partial charge on any atom is -0.479 e. The number of carbonyl (C=O) groups is 4. The summed E-state index contributed by atoms with van der Waals surface area (Å²) in [6.07, 6.45) is -0.613. The van der Waals surface area contributed by atoms with E-state index >= 15 is 0 Å². The van der Waals surface area contributed by atoms with E-state index in [0.29, 0.717) is 16.9 Å². The first kappa shape index (κ1) is 16.0. The van der Waals surface area contributed by atoms with Gasteiger partial charge in [0.05, 0.1) is 6.54 Å². The second-order valence-corrected chi connectivity index (χ2v) is 5.78. The summed E-state index contributed by atoms with van der Waals surface area (Å²) >= 11 is 0. The van der Waals surface area contributed by atoms with E-state index in [1.165, 1.54) is 11.8 Å². The van der Waals surface area contributed by atoms with Crippen molar-refractivity contribution in [3.8, 4) is 5.75 Å². The van der Waals surface area contributed by atoms with E-state index in [9.17, 15) is 19.2 Å². The number of imide groups is 1. The van der Waals surface area contributed by atoms with Gasteiger partial charge in [0.2, 0.25) is 11.8 Å². The van der Waals surface area contributed by atoms with Gasteiger partial charge in [-0.25, -0.2) is 4.79 Å².